The number of nitro groups is 1. The molecular weight excluding hydrogens is 344 g/mol. The van der Waals surface area contributed by atoms with Gasteiger partial charge in [-0.15, -0.1) is 11.8 Å². The number of rotatable bonds is 7. The Kier molecular flexibility index (Phi) is 6.53. The maximum atomic E-state index is 11.9. The number of thioether (sulfide) groups is 1. The molecule has 130 valence electrons. The molecule has 0 aromatic heterocycles. The van der Waals surface area contributed by atoms with Gasteiger partial charge in [-0.05, 0) is 29.8 Å². The topological polar surface area (TPSA) is 98.5 Å². The fourth-order valence-electron chi connectivity index (χ4n) is 1.98. The summed E-state index contributed by atoms with van der Waals surface area (Å²) in [5.74, 6) is 0.219. The van der Waals surface area contributed by atoms with Crippen LogP contribution in [0.1, 0.15) is 15.9 Å². The maximum Gasteiger partial charge on any atom is 0.337 e. The molecule has 0 spiro atoms. The van der Waals surface area contributed by atoms with Crippen LogP contribution in [-0.2, 0) is 15.3 Å². The molecule has 0 bridgehead atoms. The van der Waals surface area contributed by atoms with Crippen molar-refractivity contribution in [1.29, 1.82) is 0 Å². The molecule has 0 radical (unpaired) electrons. The zero-order valence-corrected chi connectivity index (χ0v) is 14.2. The highest BCUT2D eigenvalue weighted by Crippen LogP contribution is 2.17. The monoisotopic (exact) mass is 360 g/mol. The van der Waals surface area contributed by atoms with Crippen LogP contribution in [0.3, 0.4) is 0 Å². The lowest BCUT2D eigenvalue weighted by Gasteiger charge is -2.06. The van der Waals surface area contributed by atoms with Gasteiger partial charge in [0.05, 0.1) is 23.3 Å². The van der Waals surface area contributed by atoms with Gasteiger partial charge >= 0.3 is 5.97 Å². The van der Waals surface area contributed by atoms with Crippen LogP contribution < -0.4 is 5.32 Å². The van der Waals surface area contributed by atoms with Crippen molar-refractivity contribution in [3.05, 3.63) is 69.8 Å². The lowest BCUT2D eigenvalue weighted by atomic mass is 10.2. The summed E-state index contributed by atoms with van der Waals surface area (Å²) in [5.41, 5.74) is 1.95. The Morgan fingerprint density at radius 2 is 1.76 bits per heavy atom. The van der Waals surface area contributed by atoms with Crippen molar-refractivity contribution < 1.29 is 19.2 Å². The van der Waals surface area contributed by atoms with Crippen molar-refractivity contribution in [1.82, 2.24) is 0 Å². The van der Waals surface area contributed by atoms with E-state index in [0.717, 1.165) is 5.56 Å². The summed E-state index contributed by atoms with van der Waals surface area (Å²) in [7, 11) is 1.31. The van der Waals surface area contributed by atoms with E-state index in [1.54, 1.807) is 36.4 Å². The zero-order valence-electron chi connectivity index (χ0n) is 13.4. The number of carbonyl (C=O) groups excluding carboxylic acids is 2. The number of carbonyl (C=O) groups is 2. The summed E-state index contributed by atoms with van der Waals surface area (Å²) >= 11 is 1.40. The Labute approximate surface area is 148 Å². The van der Waals surface area contributed by atoms with Crippen molar-refractivity contribution in [2.75, 3.05) is 18.2 Å². The highest BCUT2D eigenvalue weighted by atomic mass is 32.2. The van der Waals surface area contributed by atoms with Crippen LogP contribution >= 0.6 is 11.8 Å². The molecule has 2 aromatic carbocycles. The van der Waals surface area contributed by atoms with E-state index in [2.05, 4.69) is 10.1 Å². The highest BCUT2D eigenvalue weighted by molar-refractivity contribution is 7.99. The molecule has 7 nitrogen and oxygen atoms in total. The number of amides is 1. The summed E-state index contributed by atoms with van der Waals surface area (Å²) in [6.45, 7) is 0. The first kappa shape index (κ1) is 18.5. The minimum atomic E-state index is -0.449. The van der Waals surface area contributed by atoms with Gasteiger partial charge in [-0.3, -0.25) is 14.9 Å². The first-order chi connectivity index (χ1) is 12.0. The van der Waals surface area contributed by atoms with Crippen LogP contribution in [0.5, 0.6) is 0 Å². The van der Waals surface area contributed by atoms with Gasteiger partial charge in [0.15, 0.2) is 0 Å². The SMILES string of the molecule is COC(=O)c1ccc(NC(=O)CSCc2ccc([N+](=O)[O-])cc2)cc1. The van der Waals surface area contributed by atoms with Crippen molar-refractivity contribution in [2.45, 2.75) is 5.75 Å². The van der Waals surface area contributed by atoms with E-state index >= 15 is 0 Å². The number of nitrogens with zero attached hydrogens (tertiary/aromatic N) is 1. The van der Waals surface area contributed by atoms with Crippen molar-refractivity contribution in [3.8, 4) is 0 Å². The largest absolute Gasteiger partial charge is 0.465 e. The molecule has 0 atom stereocenters. The Bertz CT molecular complexity index is 760. The Morgan fingerprint density at radius 3 is 2.32 bits per heavy atom. The summed E-state index contributed by atoms with van der Waals surface area (Å²) in [5, 5.41) is 13.3. The van der Waals surface area contributed by atoms with E-state index in [-0.39, 0.29) is 17.3 Å². The molecule has 25 heavy (non-hydrogen) atoms. The summed E-state index contributed by atoms with van der Waals surface area (Å²) in [6, 6.07) is 12.6. The van der Waals surface area contributed by atoms with Crippen LogP contribution in [0, 0.1) is 10.1 Å². The second kappa shape index (κ2) is 8.84. The van der Waals surface area contributed by atoms with Gasteiger partial charge in [0.2, 0.25) is 5.91 Å². The summed E-state index contributed by atoms with van der Waals surface area (Å²) in [4.78, 5) is 33.4. The highest BCUT2D eigenvalue weighted by Gasteiger charge is 2.07. The molecule has 0 unspecified atom stereocenters. The van der Waals surface area contributed by atoms with Gasteiger partial charge in [-0.25, -0.2) is 4.79 Å². The molecule has 1 amide bonds. The molecule has 0 aliphatic carbocycles. The van der Waals surface area contributed by atoms with E-state index < -0.39 is 10.9 Å². The number of hydrogen-bond donors (Lipinski definition) is 1. The lowest BCUT2D eigenvalue weighted by Crippen LogP contribution is -2.14. The lowest BCUT2D eigenvalue weighted by molar-refractivity contribution is -0.384. The quantitative estimate of drug-likeness (QED) is 0.462. The van der Waals surface area contributed by atoms with Gasteiger partial charge in [0.1, 0.15) is 0 Å². The molecule has 0 heterocycles. The Hall–Kier alpha value is -2.87. The van der Waals surface area contributed by atoms with E-state index in [9.17, 15) is 19.7 Å². The maximum absolute atomic E-state index is 11.9. The number of benzene rings is 2. The number of anilines is 1. The smallest absolute Gasteiger partial charge is 0.337 e. The van der Waals surface area contributed by atoms with Crippen molar-refractivity contribution in [3.63, 3.8) is 0 Å². The van der Waals surface area contributed by atoms with Gasteiger partial charge < -0.3 is 10.1 Å². The fourth-order valence-corrected chi connectivity index (χ4v) is 2.77. The van der Waals surface area contributed by atoms with Crippen LogP contribution in [0.2, 0.25) is 0 Å². The fraction of sp³-hybridized carbons (Fsp3) is 0.176. The third-order valence-electron chi connectivity index (χ3n) is 3.24. The second-order valence-corrected chi connectivity index (χ2v) is 6.02. The molecule has 8 heteroatoms. The van der Waals surface area contributed by atoms with E-state index in [1.165, 1.54) is 31.0 Å². The molecule has 0 saturated heterocycles. The van der Waals surface area contributed by atoms with E-state index in [4.69, 9.17) is 0 Å². The Balaban J connectivity index is 1.78. The average molecular weight is 360 g/mol. The molecule has 0 saturated carbocycles. The molecule has 0 aliphatic rings. The van der Waals surface area contributed by atoms with Crippen LogP contribution in [-0.4, -0.2) is 29.7 Å². The minimum Gasteiger partial charge on any atom is -0.465 e. The number of non-ortho nitro benzene ring substituents is 1. The normalized spacial score (nSPS) is 10.1. The number of esters is 1. The molecule has 2 rings (SSSR count). The Morgan fingerprint density at radius 1 is 1.12 bits per heavy atom. The first-order valence-corrected chi connectivity index (χ1v) is 8.44. The number of methoxy groups -OCH3 is 1. The number of nitro benzene ring substituents is 1. The molecule has 0 fully saturated rings. The van der Waals surface area contributed by atoms with Crippen molar-refractivity contribution >= 4 is 35.0 Å². The molecular formula is C17H16N2O5S. The van der Waals surface area contributed by atoms with Gasteiger partial charge in [0.25, 0.3) is 5.69 Å². The third-order valence-corrected chi connectivity index (χ3v) is 4.24. The molecule has 1 N–H and O–H groups in total. The van der Waals surface area contributed by atoms with E-state index in [0.29, 0.717) is 17.0 Å². The molecule has 0 aliphatic heterocycles. The third kappa shape index (κ3) is 5.61. The van der Waals surface area contributed by atoms with Crippen LogP contribution in [0.4, 0.5) is 11.4 Å². The van der Waals surface area contributed by atoms with Crippen LogP contribution in [0.15, 0.2) is 48.5 Å². The zero-order chi connectivity index (χ0) is 18.2. The molecule has 2 aromatic rings. The standard InChI is InChI=1S/C17H16N2O5S/c1-24-17(21)13-4-6-14(7-5-13)18-16(20)11-25-10-12-2-8-15(9-3-12)19(22)23/h2-9H,10-11H2,1H3,(H,18,20). The number of nitrogens with one attached hydrogen (secondary N) is 1. The first-order valence-electron chi connectivity index (χ1n) is 7.29. The van der Waals surface area contributed by atoms with Crippen LogP contribution in [0.25, 0.3) is 0 Å². The second-order valence-electron chi connectivity index (χ2n) is 5.03. The summed E-state index contributed by atoms with van der Waals surface area (Å²) in [6.07, 6.45) is 0. The van der Waals surface area contributed by atoms with E-state index in [1.807, 2.05) is 0 Å². The van der Waals surface area contributed by atoms with Gasteiger partial charge in [0, 0.05) is 23.6 Å². The van der Waals surface area contributed by atoms with Gasteiger partial charge in [-0.2, -0.15) is 0 Å². The average Bonchev–Trinajstić information content (AvgIpc) is 2.62. The van der Waals surface area contributed by atoms with Crippen molar-refractivity contribution in [2.24, 2.45) is 0 Å². The number of hydrogen-bond acceptors (Lipinski definition) is 6. The summed E-state index contributed by atoms with van der Waals surface area (Å²) < 4.78 is 4.61. The predicted molar refractivity (Wildman–Crippen MR) is 95.7 cm³/mol. The van der Waals surface area contributed by atoms with Gasteiger partial charge in [-0.1, -0.05) is 12.1 Å². The predicted octanol–water partition coefficient (Wildman–Crippen LogP) is 3.25. The number of ether oxygens (including phenoxy) is 1. The minimum absolute atomic E-state index is 0.0434.